The van der Waals surface area contributed by atoms with E-state index in [1.165, 1.54) is 15.9 Å². The van der Waals surface area contributed by atoms with Gasteiger partial charge in [0.25, 0.3) is 0 Å². The summed E-state index contributed by atoms with van der Waals surface area (Å²) < 4.78 is 5.36. The van der Waals surface area contributed by atoms with Crippen LogP contribution in [-0.4, -0.2) is 78.0 Å². The fourth-order valence-electron chi connectivity index (χ4n) is 5.13. The molecule has 2 atom stereocenters. The fraction of sp³-hybridized carbons (Fsp3) is 0.405. The van der Waals surface area contributed by atoms with Crippen molar-refractivity contribution < 1.29 is 23.9 Å². The van der Waals surface area contributed by atoms with Crippen LogP contribution in [0, 0.1) is 0 Å². The molecule has 0 spiro atoms. The predicted molar refractivity (Wildman–Crippen MR) is 182 cm³/mol. The molecule has 0 aliphatic heterocycles. The lowest BCUT2D eigenvalue weighted by atomic mass is 9.98. The third-order valence-corrected chi connectivity index (χ3v) is 7.71. The van der Waals surface area contributed by atoms with Crippen LogP contribution in [0.5, 0.6) is 0 Å². The van der Waals surface area contributed by atoms with Crippen LogP contribution in [0.3, 0.4) is 0 Å². The maximum Gasteiger partial charge on any atom is 0.408 e. The Morgan fingerprint density at radius 1 is 0.783 bits per heavy atom. The third-order valence-electron chi connectivity index (χ3n) is 7.71. The number of ether oxygens (including phenoxy) is 1. The Hall–Kier alpha value is -4.66. The Morgan fingerprint density at radius 2 is 1.39 bits per heavy atom. The second kappa shape index (κ2) is 15.6. The highest BCUT2D eigenvalue weighted by molar-refractivity contribution is 5.95. The molecule has 0 bridgehead atoms. The smallest absolute Gasteiger partial charge is 0.408 e. The van der Waals surface area contributed by atoms with E-state index in [1.807, 2.05) is 86.6 Å². The van der Waals surface area contributed by atoms with E-state index in [4.69, 9.17) is 4.74 Å². The summed E-state index contributed by atoms with van der Waals surface area (Å²) in [7, 11) is 4.75. The summed E-state index contributed by atoms with van der Waals surface area (Å²) in [6.45, 7) is 9.04. The van der Waals surface area contributed by atoms with E-state index in [0.29, 0.717) is 12.8 Å². The first kappa shape index (κ1) is 35.8. The molecular weight excluding hydrogens is 580 g/mol. The topological polar surface area (TPSA) is 108 Å². The van der Waals surface area contributed by atoms with Crippen LogP contribution in [0.4, 0.5) is 4.79 Å². The van der Waals surface area contributed by atoms with Crippen molar-refractivity contribution in [1.82, 2.24) is 20.4 Å². The number of fused-ring (bicyclic) bond motifs is 1. The SMILES string of the molecule is CNC(=O)[C@@H](Cc1ccccc1)N(C)C(=O)[C@@H](Cc1ccc2ccccc2c1)N(C)C(=O)C=CCC(C)(C)NC(=O)OC(C)(C)C. The van der Waals surface area contributed by atoms with Gasteiger partial charge in [-0.3, -0.25) is 14.4 Å². The lowest BCUT2D eigenvalue weighted by Gasteiger charge is -2.34. The molecule has 0 radical (unpaired) electrons. The van der Waals surface area contributed by atoms with Crippen molar-refractivity contribution >= 4 is 34.6 Å². The second-order valence-corrected chi connectivity index (χ2v) is 13.2. The van der Waals surface area contributed by atoms with Gasteiger partial charge in [0.2, 0.25) is 17.7 Å². The van der Waals surface area contributed by atoms with E-state index < -0.39 is 29.3 Å². The number of alkyl carbamates (subject to hydrolysis) is 1. The van der Waals surface area contributed by atoms with E-state index in [2.05, 4.69) is 10.6 Å². The molecule has 4 amide bonds. The van der Waals surface area contributed by atoms with Gasteiger partial charge in [-0.25, -0.2) is 4.79 Å². The largest absolute Gasteiger partial charge is 0.444 e. The summed E-state index contributed by atoms with van der Waals surface area (Å²) in [5.74, 6) is -1.02. The lowest BCUT2D eigenvalue weighted by molar-refractivity contribution is -0.146. The number of carbonyl (C=O) groups is 4. The first-order valence-electron chi connectivity index (χ1n) is 15.5. The Morgan fingerprint density at radius 3 is 2.02 bits per heavy atom. The number of hydrogen-bond donors (Lipinski definition) is 2. The van der Waals surface area contributed by atoms with Crippen molar-refractivity contribution in [3.05, 3.63) is 96.1 Å². The molecule has 0 heterocycles. The molecule has 3 aromatic carbocycles. The molecule has 9 heteroatoms. The van der Waals surface area contributed by atoms with E-state index in [0.717, 1.165) is 21.9 Å². The van der Waals surface area contributed by atoms with Crippen molar-refractivity contribution in [1.29, 1.82) is 0 Å². The molecule has 0 aliphatic carbocycles. The molecule has 46 heavy (non-hydrogen) atoms. The monoisotopic (exact) mass is 628 g/mol. The molecule has 3 aromatic rings. The molecule has 0 aromatic heterocycles. The molecule has 0 aliphatic rings. The van der Waals surface area contributed by atoms with E-state index >= 15 is 0 Å². The van der Waals surface area contributed by atoms with Crippen LogP contribution in [-0.2, 0) is 32.0 Å². The molecule has 246 valence electrons. The second-order valence-electron chi connectivity index (χ2n) is 13.2. The van der Waals surface area contributed by atoms with Crippen LogP contribution >= 0.6 is 0 Å². The molecular formula is C37H48N4O5. The van der Waals surface area contributed by atoms with Gasteiger partial charge in [-0.05, 0) is 69.0 Å². The van der Waals surface area contributed by atoms with E-state index in [1.54, 1.807) is 48.0 Å². The number of benzene rings is 3. The summed E-state index contributed by atoms with van der Waals surface area (Å²) in [6, 6.07) is 21.8. The molecule has 0 fully saturated rings. The van der Waals surface area contributed by atoms with Gasteiger partial charge in [0.05, 0.1) is 0 Å². The minimum atomic E-state index is -0.890. The van der Waals surface area contributed by atoms with Crippen LogP contribution in [0.25, 0.3) is 10.8 Å². The van der Waals surface area contributed by atoms with Crippen LogP contribution in [0.1, 0.15) is 52.2 Å². The van der Waals surface area contributed by atoms with Crippen molar-refractivity contribution in [2.24, 2.45) is 0 Å². The lowest BCUT2D eigenvalue weighted by Crippen LogP contribution is -2.55. The van der Waals surface area contributed by atoms with Gasteiger partial charge in [-0.1, -0.05) is 78.9 Å². The van der Waals surface area contributed by atoms with Gasteiger partial charge >= 0.3 is 6.09 Å². The maximum atomic E-state index is 14.2. The summed E-state index contributed by atoms with van der Waals surface area (Å²) in [5.41, 5.74) is 0.482. The number of likely N-dealkylation sites (N-methyl/N-ethyl adjacent to an activating group) is 3. The number of amides is 4. The normalized spacial score (nSPS) is 13.1. The molecule has 0 unspecified atom stereocenters. The average molecular weight is 629 g/mol. The highest BCUT2D eigenvalue weighted by Crippen LogP contribution is 2.20. The van der Waals surface area contributed by atoms with Gasteiger partial charge in [-0.15, -0.1) is 0 Å². The Labute approximate surface area is 273 Å². The summed E-state index contributed by atoms with van der Waals surface area (Å²) in [4.78, 5) is 56.0. The minimum absolute atomic E-state index is 0.252. The van der Waals surface area contributed by atoms with Crippen molar-refractivity contribution in [3.8, 4) is 0 Å². The Kier molecular flexibility index (Phi) is 12.1. The van der Waals surface area contributed by atoms with Gasteiger partial charge in [0, 0.05) is 39.5 Å². The van der Waals surface area contributed by atoms with E-state index in [-0.39, 0.29) is 24.1 Å². The summed E-state index contributed by atoms with van der Waals surface area (Å²) >= 11 is 0. The van der Waals surface area contributed by atoms with Gasteiger partial charge < -0.3 is 25.2 Å². The standard InChI is InChI=1S/C37H48N4O5/c1-36(2,3)46-35(45)39-37(4,5)22-14-19-32(42)40(7)31(25-27-20-21-28-17-12-13-18-29(28)23-27)34(44)41(8)30(33(43)38-6)24-26-15-10-9-11-16-26/h9-21,23,30-31H,22,24-25H2,1-8H3,(H,38,43)(H,39,45)/t30-,31-/m1/s1. The molecule has 0 saturated heterocycles. The van der Waals surface area contributed by atoms with Crippen LogP contribution in [0.2, 0.25) is 0 Å². The predicted octanol–water partition coefficient (Wildman–Crippen LogP) is 5.27. The Balaban J connectivity index is 1.86. The minimum Gasteiger partial charge on any atom is -0.444 e. The van der Waals surface area contributed by atoms with Gasteiger partial charge in [0.1, 0.15) is 17.7 Å². The zero-order chi connectivity index (χ0) is 34.1. The van der Waals surface area contributed by atoms with Crippen molar-refractivity contribution in [2.75, 3.05) is 21.1 Å². The molecule has 2 N–H and O–H groups in total. The number of hydrogen-bond acceptors (Lipinski definition) is 5. The van der Waals surface area contributed by atoms with Gasteiger partial charge in [0.15, 0.2) is 0 Å². The third kappa shape index (κ3) is 10.5. The van der Waals surface area contributed by atoms with Crippen LogP contribution in [0.15, 0.2) is 84.9 Å². The number of carbonyl (C=O) groups excluding carboxylic acids is 4. The molecule has 0 saturated carbocycles. The first-order valence-corrected chi connectivity index (χ1v) is 15.5. The summed E-state index contributed by atoms with van der Waals surface area (Å²) in [5, 5.41) is 7.62. The quantitative estimate of drug-likeness (QED) is 0.266. The first-order chi connectivity index (χ1) is 21.6. The van der Waals surface area contributed by atoms with Crippen molar-refractivity contribution in [3.63, 3.8) is 0 Å². The van der Waals surface area contributed by atoms with E-state index in [9.17, 15) is 19.2 Å². The number of nitrogens with zero attached hydrogens (tertiary/aromatic N) is 2. The number of rotatable bonds is 12. The van der Waals surface area contributed by atoms with Crippen molar-refractivity contribution in [2.45, 2.75) is 77.1 Å². The highest BCUT2D eigenvalue weighted by Gasteiger charge is 2.34. The molecule has 9 nitrogen and oxygen atoms in total. The highest BCUT2D eigenvalue weighted by atomic mass is 16.6. The fourth-order valence-corrected chi connectivity index (χ4v) is 5.13. The average Bonchev–Trinajstić information content (AvgIpc) is 3.00. The summed E-state index contributed by atoms with van der Waals surface area (Å²) in [6.07, 6.45) is 3.48. The number of nitrogens with one attached hydrogen (secondary N) is 2. The van der Waals surface area contributed by atoms with Gasteiger partial charge in [-0.2, -0.15) is 0 Å². The maximum absolute atomic E-state index is 14.2. The zero-order valence-corrected chi connectivity index (χ0v) is 28.3. The molecule has 3 rings (SSSR count). The Bertz CT molecular complexity index is 1540. The zero-order valence-electron chi connectivity index (χ0n) is 28.3. The van der Waals surface area contributed by atoms with Crippen LogP contribution < -0.4 is 10.6 Å².